The molecule has 0 fully saturated rings. The molecule has 0 amide bonds. The molecule has 0 aromatic heterocycles. The molecule has 1 unspecified atom stereocenters. The average Bonchev–Trinajstić information content (AvgIpc) is 2.08. The maximum Gasteiger partial charge on any atom is 0.305 e. The van der Waals surface area contributed by atoms with Gasteiger partial charge in [-0.05, 0) is 17.7 Å². The number of nitrogen functional groups attached to an aromatic ring is 1. The number of aliphatic carboxylic acids is 1. The Hall–Kier alpha value is -1.62. The first kappa shape index (κ1) is 10.5. The monoisotopic (exact) mass is 198 g/mol. The van der Waals surface area contributed by atoms with Crippen molar-refractivity contribution in [1.29, 1.82) is 0 Å². The minimum Gasteiger partial charge on any atom is -0.481 e. The van der Waals surface area contributed by atoms with Crippen LogP contribution in [0.3, 0.4) is 0 Å². The third-order valence-electron chi connectivity index (χ3n) is 1.85. The molecule has 1 aromatic carbocycles. The molecule has 5 heteroatoms. The summed E-state index contributed by atoms with van der Waals surface area (Å²) in [5, 5.41) is 8.47. The van der Waals surface area contributed by atoms with Gasteiger partial charge in [-0.25, -0.2) is 4.39 Å². The number of anilines is 1. The minimum atomic E-state index is -1.02. The van der Waals surface area contributed by atoms with Crippen molar-refractivity contribution in [1.82, 2.24) is 0 Å². The fraction of sp³-hybridized carbons (Fsp3) is 0.222. The van der Waals surface area contributed by atoms with Gasteiger partial charge in [0.1, 0.15) is 5.82 Å². The van der Waals surface area contributed by atoms with Gasteiger partial charge in [0.15, 0.2) is 0 Å². The lowest BCUT2D eigenvalue weighted by Gasteiger charge is -2.09. The molecule has 1 rings (SSSR count). The van der Waals surface area contributed by atoms with E-state index in [1.807, 2.05) is 0 Å². The molecule has 76 valence electrons. The van der Waals surface area contributed by atoms with Gasteiger partial charge in [-0.2, -0.15) is 0 Å². The maximum absolute atomic E-state index is 12.9. The highest BCUT2D eigenvalue weighted by Crippen LogP contribution is 2.18. The Labute approximate surface area is 80.3 Å². The van der Waals surface area contributed by atoms with E-state index >= 15 is 0 Å². The van der Waals surface area contributed by atoms with Gasteiger partial charge in [0.05, 0.1) is 12.1 Å². The van der Waals surface area contributed by atoms with Crippen LogP contribution in [0.25, 0.3) is 0 Å². The molecule has 0 saturated carbocycles. The van der Waals surface area contributed by atoms with E-state index < -0.39 is 17.8 Å². The molecule has 1 atom stereocenters. The third-order valence-corrected chi connectivity index (χ3v) is 1.85. The van der Waals surface area contributed by atoms with Crippen LogP contribution in [0.5, 0.6) is 0 Å². The van der Waals surface area contributed by atoms with Crippen molar-refractivity contribution >= 4 is 11.7 Å². The summed E-state index contributed by atoms with van der Waals surface area (Å²) in [6.45, 7) is 0. The normalized spacial score (nSPS) is 12.4. The standard InChI is InChI=1S/C9H11FN2O2/c10-6-3-5(1-2-7(6)11)8(12)4-9(13)14/h1-3,8H,4,11-12H2,(H,13,14). The highest BCUT2D eigenvalue weighted by atomic mass is 19.1. The van der Waals surface area contributed by atoms with Crippen molar-refractivity contribution in [2.24, 2.45) is 5.73 Å². The molecule has 0 spiro atoms. The Kier molecular flexibility index (Phi) is 3.03. The van der Waals surface area contributed by atoms with Crippen LogP contribution in [0.1, 0.15) is 18.0 Å². The number of carboxylic acid groups (broad SMARTS) is 1. The Bertz CT molecular complexity index is 355. The molecule has 0 aliphatic carbocycles. The van der Waals surface area contributed by atoms with E-state index in [1.54, 1.807) is 0 Å². The topological polar surface area (TPSA) is 89.3 Å². The summed E-state index contributed by atoms with van der Waals surface area (Å²) in [5.41, 5.74) is 11.2. The van der Waals surface area contributed by atoms with E-state index in [0.29, 0.717) is 5.56 Å². The first-order valence-electron chi connectivity index (χ1n) is 4.03. The van der Waals surface area contributed by atoms with Gasteiger partial charge in [0, 0.05) is 6.04 Å². The van der Waals surface area contributed by atoms with E-state index in [4.69, 9.17) is 16.6 Å². The van der Waals surface area contributed by atoms with Crippen molar-refractivity contribution in [2.45, 2.75) is 12.5 Å². The molecule has 4 nitrogen and oxygen atoms in total. The molecule has 1 aromatic rings. The smallest absolute Gasteiger partial charge is 0.305 e. The van der Waals surface area contributed by atoms with E-state index in [9.17, 15) is 9.18 Å². The predicted octanol–water partition coefficient (Wildman–Crippen LogP) is 0.882. The highest BCUT2D eigenvalue weighted by Gasteiger charge is 2.11. The molecule has 0 aliphatic rings. The van der Waals surface area contributed by atoms with E-state index in [1.165, 1.54) is 12.1 Å². The Balaban J connectivity index is 2.85. The Morgan fingerprint density at radius 1 is 1.57 bits per heavy atom. The van der Waals surface area contributed by atoms with Crippen LogP contribution in [-0.4, -0.2) is 11.1 Å². The molecular formula is C9H11FN2O2. The largest absolute Gasteiger partial charge is 0.481 e. The number of carbonyl (C=O) groups is 1. The zero-order valence-corrected chi connectivity index (χ0v) is 7.40. The lowest BCUT2D eigenvalue weighted by molar-refractivity contribution is -0.137. The highest BCUT2D eigenvalue weighted by molar-refractivity contribution is 5.68. The van der Waals surface area contributed by atoms with Crippen LogP contribution in [0.4, 0.5) is 10.1 Å². The first-order valence-corrected chi connectivity index (χ1v) is 4.03. The number of hydrogen-bond donors (Lipinski definition) is 3. The number of hydrogen-bond acceptors (Lipinski definition) is 3. The van der Waals surface area contributed by atoms with Gasteiger partial charge in [-0.15, -0.1) is 0 Å². The van der Waals surface area contributed by atoms with E-state index in [-0.39, 0.29) is 12.1 Å². The molecule has 0 saturated heterocycles. The predicted molar refractivity (Wildman–Crippen MR) is 50.0 cm³/mol. The summed E-state index contributed by atoms with van der Waals surface area (Å²) < 4.78 is 12.9. The van der Waals surface area contributed by atoms with Crippen molar-refractivity contribution in [3.8, 4) is 0 Å². The fourth-order valence-electron chi connectivity index (χ4n) is 1.08. The van der Waals surface area contributed by atoms with Gasteiger partial charge in [-0.3, -0.25) is 4.79 Å². The van der Waals surface area contributed by atoms with E-state index in [2.05, 4.69) is 0 Å². The Morgan fingerprint density at radius 2 is 2.21 bits per heavy atom. The first-order chi connectivity index (χ1) is 6.50. The molecule has 0 bridgehead atoms. The summed E-state index contributed by atoms with van der Waals surface area (Å²) in [6, 6.07) is 3.34. The molecular weight excluding hydrogens is 187 g/mol. The number of rotatable bonds is 3. The zero-order chi connectivity index (χ0) is 10.7. The third kappa shape index (κ3) is 2.43. The fourth-order valence-corrected chi connectivity index (χ4v) is 1.08. The van der Waals surface area contributed by atoms with E-state index in [0.717, 1.165) is 6.07 Å². The lowest BCUT2D eigenvalue weighted by Crippen LogP contribution is -2.15. The van der Waals surface area contributed by atoms with Crippen molar-refractivity contribution in [3.05, 3.63) is 29.6 Å². The van der Waals surface area contributed by atoms with Crippen LogP contribution < -0.4 is 11.5 Å². The quantitative estimate of drug-likeness (QED) is 0.629. The van der Waals surface area contributed by atoms with Gasteiger partial charge >= 0.3 is 5.97 Å². The zero-order valence-electron chi connectivity index (χ0n) is 7.40. The minimum absolute atomic E-state index is 0.0243. The van der Waals surface area contributed by atoms with Gasteiger partial charge < -0.3 is 16.6 Å². The van der Waals surface area contributed by atoms with Crippen molar-refractivity contribution < 1.29 is 14.3 Å². The van der Waals surface area contributed by atoms with Gasteiger partial charge in [-0.1, -0.05) is 6.07 Å². The maximum atomic E-state index is 12.9. The Morgan fingerprint density at radius 3 is 2.71 bits per heavy atom. The van der Waals surface area contributed by atoms with Crippen molar-refractivity contribution in [3.63, 3.8) is 0 Å². The molecule has 0 heterocycles. The summed E-state index contributed by atoms with van der Waals surface area (Å²) in [4.78, 5) is 10.3. The summed E-state index contributed by atoms with van der Waals surface area (Å²) >= 11 is 0. The number of halogens is 1. The molecule has 5 N–H and O–H groups in total. The molecule has 0 aliphatic heterocycles. The molecule has 14 heavy (non-hydrogen) atoms. The summed E-state index contributed by atoms with van der Waals surface area (Å²) in [5.74, 6) is -1.60. The van der Waals surface area contributed by atoms with Crippen LogP contribution in [0, 0.1) is 5.82 Å². The van der Waals surface area contributed by atoms with Crippen LogP contribution in [-0.2, 0) is 4.79 Å². The van der Waals surface area contributed by atoms with Gasteiger partial charge in [0.25, 0.3) is 0 Å². The second kappa shape index (κ2) is 4.06. The molecule has 0 radical (unpaired) electrons. The SMILES string of the molecule is Nc1ccc(C(N)CC(=O)O)cc1F. The van der Waals surface area contributed by atoms with Crippen LogP contribution >= 0.6 is 0 Å². The average molecular weight is 198 g/mol. The van der Waals surface area contributed by atoms with Crippen LogP contribution in [0.15, 0.2) is 18.2 Å². The number of nitrogens with two attached hydrogens (primary N) is 2. The summed E-state index contributed by atoms with van der Waals surface area (Å²) in [6.07, 6.45) is -0.233. The number of benzene rings is 1. The number of carboxylic acids is 1. The second-order valence-electron chi connectivity index (χ2n) is 2.99. The second-order valence-corrected chi connectivity index (χ2v) is 2.99. The van der Waals surface area contributed by atoms with Crippen molar-refractivity contribution in [2.75, 3.05) is 5.73 Å². The summed E-state index contributed by atoms with van der Waals surface area (Å²) in [7, 11) is 0. The van der Waals surface area contributed by atoms with Crippen LogP contribution in [0.2, 0.25) is 0 Å². The van der Waals surface area contributed by atoms with Gasteiger partial charge in [0.2, 0.25) is 0 Å². The lowest BCUT2D eigenvalue weighted by atomic mass is 10.0.